The summed E-state index contributed by atoms with van der Waals surface area (Å²) in [5, 5.41) is 10.5. The van der Waals surface area contributed by atoms with Crippen LogP contribution in [-0.2, 0) is 4.43 Å². The summed E-state index contributed by atoms with van der Waals surface area (Å²) < 4.78 is 7.00. The molecule has 4 aliphatic rings. The number of aliphatic hydroxyl groups excluding tert-OH is 1. The fraction of sp³-hybridized carbons (Fsp3) is 0.840. The Bertz CT molecular complexity index is 700. The highest BCUT2D eigenvalue weighted by molar-refractivity contribution is 6.74. The summed E-state index contributed by atoms with van der Waals surface area (Å²) in [5.41, 5.74) is 3.81. The summed E-state index contributed by atoms with van der Waals surface area (Å²) in [6.45, 7) is 16.9. The smallest absolute Gasteiger partial charge is 0.192 e. The average Bonchev–Trinajstić information content (AvgIpc) is 2.91. The molecular formula is C25H42O2Si. The normalized spacial score (nSPS) is 43.6. The van der Waals surface area contributed by atoms with Gasteiger partial charge in [0.15, 0.2) is 8.32 Å². The Morgan fingerprint density at radius 2 is 1.71 bits per heavy atom. The number of fused-ring (bicyclic) bond motifs is 5. The van der Waals surface area contributed by atoms with E-state index in [0.717, 1.165) is 31.6 Å². The van der Waals surface area contributed by atoms with E-state index >= 15 is 0 Å². The van der Waals surface area contributed by atoms with E-state index < -0.39 is 8.32 Å². The van der Waals surface area contributed by atoms with Crippen LogP contribution in [0.4, 0.5) is 0 Å². The molecule has 0 heterocycles. The molecule has 2 fully saturated rings. The first-order valence-corrected chi connectivity index (χ1v) is 14.6. The monoisotopic (exact) mass is 402 g/mol. The molecule has 0 radical (unpaired) electrons. The van der Waals surface area contributed by atoms with Gasteiger partial charge in [0.1, 0.15) is 0 Å². The Kier molecular flexibility index (Phi) is 4.89. The van der Waals surface area contributed by atoms with Gasteiger partial charge in [0.25, 0.3) is 0 Å². The van der Waals surface area contributed by atoms with Gasteiger partial charge in [-0.3, -0.25) is 0 Å². The minimum atomic E-state index is -1.76. The maximum Gasteiger partial charge on any atom is 0.192 e. The number of rotatable bonds is 2. The van der Waals surface area contributed by atoms with Gasteiger partial charge < -0.3 is 9.53 Å². The highest BCUT2D eigenvalue weighted by Crippen LogP contribution is 2.64. The molecule has 0 aromatic heterocycles. The van der Waals surface area contributed by atoms with E-state index in [0.29, 0.717) is 17.4 Å². The third-order valence-corrected chi connectivity index (χ3v) is 14.1. The maximum absolute atomic E-state index is 10.2. The van der Waals surface area contributed by atoms with Gasteiger partial charge in [-0.25, -0.2) is 0 Å². The lowest BCUT2D eigenvalue weighted by Crippen LogP contribution is -2.51. The first kappa shape index (κ1) is 20.9. The van der Waals surface area contributed by atoms with Gasteiger partial charge in [-0.2, -0.15) is 0 Å². The van der Waals surface area contributed by atoms with Crippen LogP contribution >= 0.6 is 0 Å². The van der Waals surface area contributed by atoms with E-state index in [2.05, 4.69) is 59.9 Å². The van der Waals surface area contributed by atoms with Gasteiger partial charge >= 0.3 is 0 Å². The van der Waals surface area contributed by atoms with E-state index in [1.807, 2.05) is 0 Å². The largest absolute Gasteiger partial charge is 0.413 e. The Labute approximate surface area is 174 Å². The topological polar surface area (TPSA) is 29.5 Å². The van der Waals surface area contributed by atoms with Crippen molar-refractivity contribution in [1.29, 1.82) is 0 Å². The number of hydrogen-bond acceptors (Lipinski definition) is 2. The Balaban J connectivity index is 1.59. The van der Waals surface area contributed by atoms with E-state index in [1.54, 1.807) is 11.1 Å². The molecule has 4 rings (SSSR count). The van der Waals surface area contributed by atoms with Gasteiger partial charge in [0, 0.05) is 5.41 Å². The second-order valence-corrected chi connectivity index (χ2v) is 17.0. The van der Waals surface area contributed by atoms with Gasteiger partial charge in [0.05, 0.1) is 12.2 Å². The lowest BCUT2D eigenvalue weighted by Gasteiger charge is -2.56. The Morgan fingerprint density at radius 1 is 1.04 bits per heavy atom. The summed E-state index contributed by atoms with van der Waals surface area (Å²) >= 11 is 0. The van der Waals surface area contributed by atoms with Crippen molar-refractivity contribution in [1.82, 2.24) is 0 Å². The fourth-order valence-electron chi connectivity index (χ4n) is 6.66. The number of hydrogen-bond donors (Lipinski definition) is 1. The van der Waals surface area contributed by atoms with E-state index in [-0.39, 0.29) is 16.6 Å². The molecule has 0 aromatic carbocycles. The van der Waals surface area contributed by atoms with Crippen molar-refractivity contribution >= 4 is 8.32 Å². The van der Waals surface area contributed by atoms with E-state index in [9.17, 15) is 5.11 Å². The molecule has 158 valence electrons. The van der Waals surface area contributed by atoms with Crippen LogP contribution in [0, 0.1) is 22.7 Å². The molecule has 28 heavy (non-hydrogen) atoms. The first-order chi connectivity index (χ1) is 12.9. The zero-order chi connectivity index (χ0) is 20.5. The van der Waals surface area contributed by atoms with Crippen molar-refractivity contribution in [3.05, 3.63) is 23.3 Å². The minimum absolute atomic E-state index is 0.113. The van der Waals surface area contributed by atoms with Crippen LogP contribution in [-0.4, -0.2) is 25.6 Å². The van der Waals surface area contributed by atoms with Crippen molar-refractivity contribution in [2.45, 2.75) is 110 Å². The molecule has 2 saturated carbocycles. The first-order valence-electron chi connectivity index (χ1n) is 11.6. The Hall–Kier alpha value is -0.383. The molecular weight excluding hydrogens is 360 g/mol. The molecule has 1 N–H and O–H groups in total. The van der Waals surface area contributed by atoms with Crippen LogP contribution in [0.5, 0.6) is 0 Å². The SMILES string of the molecule is CC(C)(C)[Si](C)(C)O[C@@H]1CC=C2[C@H]3CC=C4C[C@H](O)CC[C@@]4(C)[C@@H]3CC[C@]21C. The molecule has 4 aliphatic carbocycles. The molecule has 6 atom stereocenters. The molecule has 0 aromatic rings. The molecule has 0 amide bonds. The summed E-state index contributed by atoms with van der Waals surface area (Å²) in [6.07, 6.45) is 13.3. The van der Waals surface area contributed by atoms with Crippen LogP contribution < -0.4 is 0 Å². The highest BCUT2D eigenvalue weighted by Gasteiger charge is 2.57. The standard InChI is InChI=1S/C25H42O2Si/c1-23(2,3)28(6,7)27-22-11-10-20-19-9-8-17-16-18(26)12-14-24(17,4)21(19)13-15-25(20,22)5/h8,10,18-19,21-22,26H,9,11-16H2,1-7H3/t18-,19-,21-,22-,24-,25-/m1/s1. The quantitative estimate of drug-likeness (QED) is 0.415. The fourth-order valence-corrected chi connectivity index (χ4v) is 8.08. The third kappa shape index (κ3) is 3.03. The third-order valence-electron chi connectivity index (χ3n) is 9.65. The van der Waals surface area contributed by atoms with Gasteiger partial charge in [-0.1, -0.05) is 57.9 Å². The lowest BCUT2D eigenvalue weighted by molar-refractivity contribution is 0.00115. The van der Waals surface area contributed by atoms with E-state index in [1.165, 1.54) is 19.3 Å². The number of allylic oxidation sites excluding steroid dienone is 1. The second-order valence-electron chi connectivity index (χ2n) is 12.2. The minimum Gasteiger partial charge on any atom is -0.413 e. The zero-order valence-electron chi connectivity index (χ0n) is 19.3. The second kappa shape index (κ2) is 6.56. The van der Waals surface area contributed by atoms with Crippen molar-refractivity contribution < 1.29 is 9.53 Å². The van der Waals surface area contributed by atoms with Crippen LogP contribution in [0.1, 0.15) is 79.6 Å². The Morgan fingerprint density at radius 3 is 2.39 bits per heavy atom. The predicted molar refractivity (Wildman–Crippen MR) is 120 cm³/mol. The molecule has 0 spiro atoms. The van der Waals surface area contributed by atoms with Crippen molar-refractivity contribution in [3.8, 4) is 0 Å². The summed E-state index contributed by atoms with van der Waals surface area (Å²) in [5.74, 6) is 1.45. The van der Waals surface area contributed by atoms with Crippen molar-refractivity contribution in [2.24, 2.45) is 22.7 Å². The van der Waals surface area contributed by atoms with Crippen LogP contribution in [0.3, 0.4) is 0 Å². The summed E-state index contributed by atoms with van der Waals surface area (Å²) in [4.78, 5) is 0. The molecule has 3 heteroatoms. The molecule has 0 bridgehead atoms. The van der Waals surface area contributed by atoms with Gasteiger partial charge in [-0.15, -0.1) is 0 Å². The molecule has 2 nitrogen and oxygen atoms in total. The summed E-state index contributed by atoms with van der Waals surface area (Å²) in [6, 6.07) is 0. The van der Waals surface area contributed by atoms with E-state index in [4.69, 9.17) is 4.43 Å². The predicted octanol–water partition coefficient (Wildman–Crippen LogP) is 6.62. The van der Waals surface area contributed by atoms with Crippen LogP contribution in [0.25, 0.3) is 0 Å². The van der Waals surface area contributed by atoms with Crippen LogP contribution in [0.2, 0.25) is 18.1 Å². The van der Waals surface area contributed by atoms with Crippen molar-refractivity contribution in [3.63, 3.8) is 0 Å². The number of aliphatic hydroxyl groups is 1. The molecule has 0 aliphatic heterocycles. The molecule has 0 saturated heterocycles. The summed E-state index contributed by atoms with van der Waals surface area (Å²) in [7, 11) is -1.76. The maximum atomic E-state index is 10.2. The van der Waals surface area contributed by atoms with Crippen LogP contribution in [0.15, 0.2) is 23.3 Å². The van der Waals surface area contributed by atoms with Gasteiger partial charge in [0.2, 0.25) is 0 Å². The molecule has 0 unspecified atom stereocenters. The lowest BCUT2D eigenvalue weighted by atomic mass is 9.49. The highest BCUT2D eigenvalue weighted by atomic mass is 28.4. The van der Waals surface area contributed by atoms with Crippen molar-refractivity contribution in [2.75, 3.05) is 0 Å². The average molecular weight is 403 g/mol. The zero-order valence-corrected chi connectivity index (χ0v) is 20.3. The van der Waals surface area contributed by atoms with Gasteiger partial charge in [-0.05, 0) is 80.3 Å².